The van der Waals surface area contributed by atoms with Crippen molar-refractivity contribution in [2.24, 2.45) is 0 Å². The Labute approximate surface area is 135 Å². The quantitative estimate of drug-likeness (QED) is 0.754. The number of hydrogen-bond acceptors (Lipinski definition) is 4. The molecule has 2 aliphatic rings. The van der Waals surface area contributed by atoms with Crippen LogP contribution in [-0.4, -0.2) is 87.7 Å². The zero-order valence-corrected chi connectivity index (χ0v) is 13.5. The zero-order valence-electron chi connectivity index (χ0n) is 13.5. The first-order valence-electron chi connectivity index (χ1n) is 8.14. The van der Waals surface area contributed by atoms with Gasteiger partial charge in [-0.05, 0) is 26.2 Å². The van der Waals surface area contributed by atoms with E-state index < -0.39 is 18.2 Å². The van der Waals surface area contributed by atoms with Crippen LogP contribution in [0.5, 0.6) is 0 Å². The van der Waals surface area contributed by atoms with Crippen LogP contribution >= 0.6 is 0 Å². The molecule has 0 aromatic carbocycles. The van der Waals surface area contributed by atoms with E-state index in [-0.39, 0.29) is 11.8 Å². The predicted molar refractivity (Wildman–Crippen MR) is 81.8 cm³/mol. The van der Waals surface area contributed by atoms with Crippen LogP contribution in [0.4, 0.5) is 4.79 Å². The van der Waals surface area contributed by atoms with Crippen molar-refractivity contribution in [1.82, 2.24) is 14.7 Å². The Balaban J connectivity index is 1.75. The fourth-order valence-corrected chi connectivity index (χ4v) is 3.17. The van der Waals surface area contributed by atoms with E-state index in [1.54, 1.807) is 16.7 Å². The highest BCUT2D eigenvalue weighted by Gasteiger charge is 2.34. The summed E-state index contributed by atoms with van der Waals surface area (Å²) < 4.78 is 0. The summed E-state index contributed by atoms with van der Waals surface area (Å²) in [5.41, 5.74) is 0. The van der Waals surface area contributed by atoms with Crippen molar-refractivity contribution >= 4 is 17.9 Å². The fourth-order valence-electron chi connectivity index (χ4n) is 3.17. The van der Waals surface area contributed by atoms with E-state index in [0.717, 1.165) is 17.7 Å². The third-order valence-corrected chi connectivity index (χ3v) is 4.56. The standard InChI is InChI=1S/C15H25N3O5/c1-11-14(21)16(8-9-18(11)15(22)23)6-3-5-13(20)17-7-2-4-12(19)10-17/h11-12,19H,2-10H2,1H3,(H,22,23)/t11-,12-/m0/s1. The number of nitrogens with zero attached hydrogens (tertiary/aromatic N) is 3. The van der Waals surface area contributed by atoms with Crippen LogP contribution in [0.1, 0.15) is 32.6 Å². The maximum absolute atomic E-state index is 12.2. The molecule has 0 aromatic rings. The molecule has 2 saturated heterocycles. The monoisotopic (exact) mass is 327 g/mol. The maximum atomic E-state index is 12.2. The van der Waals surface area contributed by atoms with Gasteiger partial charge in [-0.15, -0.1) is 0 Å². The molecular formula is C15H25N3O5. The van der Waals surface area contributed by atoms with E-state index in [2.05, 4.69) is 0 Å². The van der Waals surface area contributed by atoms with Crippen molar-refractivity contribution in [3.63, 3.8) is 0 Å². The predicted octanol–water partition coefficient (Wildman–Crippen LogP) is -0.0394. The minimum Gasteiger partial charge on any atom is -0.465 e. The first kappa shape index (κ1) is 17.5. The number of hydrogen-bond donors (Lipinski definition) is 2. The van der Waals surface area contributed by atoms with Gasteiger partial charge in [0.1, 0.15) is 6.04 Å². The van der Waals surface area contributed by atoms with Gasteiger partial charge in [0.25, 0.3) is 0 Å². The first-order chi connectivity index (χ1) is 10.9. The normalized spacial score (nSPS) is 25.7. The van der Waals surface area contributed by atoms with Gasteiger partial charge in [-0.25, -0.2) is 4.79 Å². The van der Waals surface area contributed by atoms with Crippen molar-refractivity contribution < 1.29 is 24.6 Å². The van der Waals surface area contributed by atoms with E-state index in [1.165, 1.54) is 0 Å². The summed E-state index contributed by atoms with van der Waals surface area (Å²) in [5.74, 6) is -0.201. The number of aliphatic hydroxyl groups is 1. The number of likely N-dealkylation sites (tertiary alicyclic amines) is 1. The van der Waals surface area contributed by atoms with E-state index >= 15 is 0 Å². The summed E-state index contributed by atoms with van der Waals surface area (Å²) >= 11 is 0. The van der Waals surface area contributed by atoms with Gasteiger partial charge in [-0.3, -0.25) is 14.5 Å². The molecule has 0 bridgehead atoms. The number of amides is 3. The van der Waals surface area contributed by atoms with Gasteiger partial charge in [0, 0.05) is 39.1 Å². The second-order valence-corrected chi connectivity index (χ2v) is 6.22. The Morgan fingerprint density at radius 3 is 2.65 bits per heavy atom. The topological polar surface area (TPSA) is 101 Å². The molecule has 0 unspecified atom stereocenters. The Kier molecular flexibility index (Phi) is 5.81. The summed E-state index contributed by atoms with van der Waals surface area (Å²) in [4.78, 5) is 39.7. The van der Waals surface area contributed by atoms with Gasteiger partial charge in [0.2, 0.25) is 11.8 Å². The average molecular weight is 327 g/mol. The van der Waals surface area contributed by atoms with Crippen molar-refractivity contribution in [3.05, 3.63) is 0 Å². The van der Waals surface area contributed by atoms with Gasteiger partial charge in [-0.1, -0.05) is 0 Å². The molecule has 23 heavy (non-hydrogen) atoms. The lowest BCUT2D eigenvalue weighted by Gasteiger charge is -2.37. The summed E-state index contributed by atoms with van der Waals surface area (Å²) in [6, 6.07) is -0.672. The highest BCUT2D eigenvalue weighted by molar-refractivity contribution is 5.86. The SMILES string of the molecule is C[C@H]1C(=O)N(CCCC(=O)N2CCC[C@H](O)C2)CCN1C(=O)O. The van der Waals surface area contributed by atoms with Crippen LogP contribution in [0, 0.1) is 0 Å². The van der Waals surface area contributed by atoms with E-state index in [9.17, 15) is 19.5 Å². The summed E-state index contributed by atoms with van der Waals surface area (Å²) in [6.45, 7) is 3.79. The Morgan fingerprint density at radius 1 is 1.26 bits per heavy atom. The van der Waals surface area contributed by atoms with Gasteiger partial charge < -0.3 is 20.0 Å². The minimum absolute atomic E-state index is 0.00780. The molecule has 2 heterocycles. The minimum atomic E-state index is -1.08. The molecule has 2 atom stereocenters. The molecule has 0 radical (unpaired) electrons. The lowest BCUT2D eigenvalue weighted by atomic mass is 10.1. The number of aliphatic hydroxyl groups excluding tert-OH is 1. The molecule has 2 N–H and O–H groups in total. The van der Waals surface area contributed by atoms with E-state index in [0.29, 0.717) is 45.6 Å². The Bertz CT molecular complexity index is 470. The smallest absolute Gasteiger partial charge is 0.408 e. The molecule has 130 valence electrons. The fraction of sp³-hybridized carbons (Fsp3) is 0.800. The molecule has 2 rings (SSSR count). The molecule has 0 spiro atoms. The number of carbonyl (C=O) groups is 3. The van der Waals surface area contributed by atoms with Gasteiger partial charge >= 0.3 is 6.09 Å². The first-order valence-corrected chi connectivity index (χ1v) is 8.14. The highest BCUT2D eigenvalue weighted by Crippen LogP contribution is 2.14. The molecular weight excluding hydrogens is 302 g/mol. The molecule has 3 amide bonds. The second kappa shape index (κ2) is 7.63. The number of piperazine rings is 1. The van der Waals surface area contributed by atoms with Gasteiger partial charge in [-0.2, -0.15) is 0 Å². The Hall–Kier alpha value is -1.83. The van der Waals surface area contributed by atoms with Gasteiger partial charge in [0.15, 0.2) is 0 Å². The lowest BCUT2D eigenvalue weighted by molar-refractivity contribution is -0.140. The molecule has 8 nitrogen and oxygen atoms in total. The molecule has 0 aliphatic carbocycles. The van der Waals surface area contributed by atoms with Crippen molar-refractivity contribution in [2.75, 3.05) is 32.7 Å². The molecule has 2 fully saturated rings. The zero-order chi connectivity index (χ0) is 17.0. The number of piperidine rings is 1. The molecule has 0 aromatic heterocycles. The van der Waals surface area contributed by atoms with Crippen LogP contribution in [0.3, 0.4) is 0 Å². The summed E-state index contributed by atoms with van der Waals surface area (Å²) in [5, 5.41) is 18.6. The Morgan fingerprint density at radius 2 is 2.00 bits per heavy atom. The van der Waals surface area contributed by atoms with Crippen molar-refractivity contribution in [2.45, 2.75) is 44.8 Å². The van der Waals surface area contributed by atoms with Crippen LogP contribution in [-0.2, 0) is 9.59 Å². The van der Waals surface area contributed by atoms with Crippen LogP contribution in [0.15, 0.2) is 0 Å². The molecule has 2 aliphatic heterocycles. The van der Waals surface area contributed by atoms with E-state index in [1.807, 2.05) is 0 Å². The summed E-state index contributed by atoms with van der Waals surface area (Å²) in [7, 11) is 0. The second-order valence-electron chi connectivity index (χ2n) is 6.22. The van der Waals surface area contributed by atoms with Gasteiger partial charge in [0.05, 0.1) is 6.10 Å². The van der Waals surface area contributed by atoms with Crippen LogP contribution < -0.4 is 0 Å². The van der Waals surface area contributed by atoms with Crippen molar-refractivity contribution in [3.8, 4) is 0 Å². The molecule has 8 heteroatoms. The molecule has 0 saturated carbocycles. The van der Waals surface area contributed by atoms with Crippen LogP contribution in [0.2, 0.25) is 0 Å². The number of carboxylic acid groups (broad SMARTS) is 1. The van der Waals surface area contributed by atoms with Crippen LogP contribution in [0.25, 0.3) is 0 Å². The largest absolute Gasteiger partial charge is 0.465 e. The maximum Gasteiger partial charge on any atom is 0.408 e. The number of carbonyl (C=O) groups excluding carboxylic acids is 2. The highest BCUT2D eigenvalue weighted by atomic mass is 16.4. The average Bonchev–Trinajstić information content (AvgIpc) is 2.51. The summed E-state index contributed by atoms with van der Waals surface area (Å²) in [6.07, 6.45) is 0.942. The third kappa shape index (κ3) is 4.34. The van der Waals surface area contributed by atoms with E-state index in [4.69, 9.17) is 5.11 Å². The lowest BCUT2D eigenvalue weighted by Crippen LogP contribution is -2.57. The number of rotatable bonds is 4. The third-order valence-electron chi connectivity index (χ3n) is 4.56. The number of β-amino-alcohol motifs (C(OH)–C–C–N with tert-alkyl or cyclic N) is 1. The van der Waals surface area contributed by atoms with Crippen molar-refractivity contribution in [1.29, 1.82) is 0 Å².